The molecule has 0 spiro atoms. The lowest BCUT2D eigenvalue weighted by Crippen LogP contribution is -2.30. The van der Waals surface area contributed by atoms with Crippen LogP contribution in [0.1, 0.15) is 278 Å². The SMILES string of the molecule is CC/C=C\C/C=C\C/C=C\CCCCCCCCCC(=O)OC(COC(=O)CCCCCCC/C=C\C/C=C\CCC)COC(=O)CCCCCCCCCCC/C=C\CCCCCCCC. The summed E-state index contributed by atoms with van der Waals surface area (Å²) in [6.07, 6.45) is 70.3. The first-order valence-electron chi connectivity index (χ1n) is 28.4. The fraction of sp³-hybridized carbons (Fsp3) is 0.754. The van der Waals surface area contributed by atoms with E-state index in [0.29, 0.717) is 19.3 Å². The quantitative estimate of drug-likeness (QED) is 0.0262. The Morgan fingerprint density at radius 1 is 0.313 bits per heavy atom. The molecule has 67 heavy (non-hydrogen) atoms. The Balaban J connectivity index is 4.38. The normalized spacial score (nSPS) is 12.6. The van der Waals surface area contributed by atoms with Gasteiger partial charge in [0.1, 0.15) is 13.2 Å². The summed E-state index contributed by atoms with van der Waals surface area (Å²) >= 11 is 0. The smallest absolute Gasteiger partial charge is 0.306 e. The summed E-state index contributed by atoms with van der Waals surface area (Å²) in [5, 5.41) is 0. The van der Waals surface area contributed by atoms with Crippen molar-refractivity contribution in [1.29, 1.82) is 0 Å². The maximum atomic E-state index is 12.8. The summed E-state index contributed by atoms with van der Waals surface area (Å²) in [6.45, 7) is 6.46. The molecule has 0 heterocycles. The number of esters is 3. The van der Waals surface area contributed by atoms with Crippen LogP contribution in [0.2, 0.25) is 0 Å². The first-order chi connectivity index (χ1) is 33.0. The van der Waals surface area contributed by atoms with E-state index in [-0.39, 0.29) is 31.1 Å². The van der Waals surface area contributed by atoms with Crippen LogP contribution >= 0.6 is 0 Å². The van der Waals surface area contributed by atoms with Crippen molar-refractivity contribution >= 4 is 17.9 Å². The molecule has 0 radical (unpaired) electrons. The van der Waals surface area contributed by atoms with Crippen molar-refractivity contribution in [2.45, 2.75) is 284 Å². The molecule has 0 bridgehead atoms. The van der Waals surface area contributed by atoms with Gasteiger partial charge in [-0.2, -0.15) is 0 Å². The molecule has 0 N–H and O–H groups in total. The van der Waals surface area contributed by atoms with Gasteiger partial charge in [0.15, 0.2) is 6.10 Å². The van der Waals surface area contributed by atoms with Gasteiger partial charge in [-0.3, -0.25) is 14.4 Å². The van der Waals surface area contributed by atoms with Gasteiger partial charge in [-0.15, -0.1) is 0 Å². The van der Waals surface area contributed by atoms with Gasteiger partial charge in [-0.25, -0.2) is 0 Å². The topological polar surface area (TPSA) is 78.9 Å². The van der Waals surface area contributed by atoms with Crippen LogP contribution in [-0.4, -0.2) is 37.2 Å². The second-order valence-electron chi connectivity index (χ2n) is 18.8. The van der Waals surface area contributed by atoms with Crippen LogP contribution in [0.4, 0.5) is 0 Å². The van der Waals surface area contributed by atoms with Gasteiger partial charge in [0, 0.05) is 19.3 Å². The minimum Gasteiger partial charge on any atom is -0.462 e. The number of carbonyl (C=O) groups is 3. The Hall–Kier alpha value is -3.15. The standard InChI is InChI=1S/C61H106O6/c1-4-7-10-13-16-19-22-25-27-29-30-32-33-36-39-42-45-48-51-54-60(63)66-57-58(56-65-59(62)53-50-47-44-41-38-35-24-21-18-15-12-9-6-3)67-61(64)55-52-49-46-43-40-37-34-31-28-26-23-20-17-14-11-8-5-2/h8,11-12,15,17,20-21,24-28,58H,4-7,9-10,13-14,16,18-19,22-23,29-57H2,1-3H3/b11-8-,15-12-,20-17-,24-21-,27-25-,28-26-. The van der Waals surface area contributed by atoms with Crippen LogP contribution in [0.3, 0.4) is 0 Å². The second-order valence-corrected chi connectivity index (χ2v) is 18.8. The fourth-order valence-electron chi connectivity index (χ4n) is 7.90. The molecule has 0 aliphatic carbocycles. The van der Waals surface area contributed by atoms with Gasteiger partial charge in [0.2, 0.25) is 0 Å². The molecular weight excluding hydrogens is 829 g/mol. The van der Waals surface area contributed by atoms with Crippen LogP contribution in [0.15, 0.2) is 72.9 Å². The molecular formula is C61H106O6. The third-order valence-electron chi connectivity index (χ3n) is 12.1. The van der Waals surface area contributed by atoms with Crippen molar-refractivity contribution in [3.8, 4) is 0 Å². The molecule has 0 saturated heterocycles. The lowest BCUT2D eigenvalue weighted by molar-refractivity contribution is -0.167. The van der Waals surface area contributed by atoms with Crippen molar-refractivity contribution < 1.29 is 28.6 Å². The molecule has 0 rings (SSSR count). The van der Waals surface area contributed by atoms with Crippen LogP contribution in [0.5, 0.6) is 0 Å². The van der Waals surface area contributed by atoms with E-state index >= 15 is 0 Å². The van der Waals surface area contributed by atoms with Crippen molar-refractivity contribution in [3.05, 3.63) is 72.9 Å². The molecule has 386 valence electrons. The third-order valence-corrected chi connectivity index (χ3v) is 12.1. The molecule has 0 saturated carbocycles. The van der Waals surface area contributed by atoms with Gasteiger partial charge in [-0.1, -0.05) is 229 Å². The minimum absolute atomic E-state index is 0.0845. The van der Waals surface area contributed by atoms with Gasteiger partial charge < -0.3 is 14.2 Å². The van der Waals surface area contributed by atoms with Crippen LogP contribution in [0, 0.1) is 0 Å². The maximum absolute atomic E-state index is 12.8. The molecule has 0 aromatic carbocycles. The Morgan fingerprint density at radius 2 is 0.612 bits per heavy atom. The average Bonchev–Trinajstić information content (AvgIpc) is 3.33. The second kappa shape index (κ2) is 55.4. The van der Waals surface area contributed by atoms with E-state index in [9.17, 15) is 14.4 Å². The molecule has 0 aliphatic heterocycles. The van der Waals surface area contributed by atoms with Gasteiger partial charge in [-0.05, 0) is 103 Å². The Bertz CT molecular complexity index is 1260. The predicted molar refractivity (Wildman–Crippen MR) is 288 cm³/mol. The first-order valence-corrected chi connectivity index (χ1v) is 28.4. The van der Waals surface area contributed by atoms with Gasteiger partial charge in [0.25, 0.3) is 0 Å². The summed E-state index contributed by atoms with van der Waals surface area (Å²) in [6, 6.07) is 0. The van der Waals surface area contributed by atoms with E-state index in [1.807, 2.05) is 0 Å². The largest absolute Gasteiger partial charge is 0.462 e. The number of allylic oxidation sites excluding steroid dienone is 12. The number of carbonyl (C=O) groups excluding carboxylic acids is 3. The van der Waals surface area contributed by atoms with Gasteiger partial charge in [0.05, 0.1) is 0 Å². The van der Waals surface area contributed by atoms with Crippen molar-refractivity contribution in [1.82, 2.24) is 0 Å². The maximum Gasteiger partial charge on any atom is 0.306 e. The summed E-state index contributed by atoms with van der Waals surface area (Å²) in [5.41, 5.74) is 0. The zero-order chi connectivity index (χ0) is 48.6. The Kier molecular flexibility index (Phi) is 52.8. The highest BCUT2D eigenvalue weighted by atomic mass is 16.6. The van der Waals surface area contributed by atoms with E-state index in [0.717, 1.165) is 116 Å². The fourth-order valence-corrected chi connectivity index (χ4v) is 7.90. The van der Waals surface area contributed by atoms with Crippen molar-refractivity contribution in [2.24, 2.45) is 0 Å². The molecule has 0 fully saturated rings. The number of ether oxygens (including phenoxy) is 3. The first kappa shape index (κ1) is 63.8. The summed E-state index contributed by atoms with van der Waals surface area (Å²) in [7, 11) is 0. The van der Waals surface area contributed by atoms with E-state index in [1.165, 1.54) is 122 Å². The molecule has 6 nitrogen and oxygen atoms in total. The zero-order valence-corrected chi connectivity index (χ0v) is 44.2. The molecule has 0 aromatic heterocycles. The predicted octanol–water partition coefficient (Wildman–Crippen LogP) is 19.0. The minimum atomic E-state index is -0.787. The Labute approximate surface area is 414 Å². The van der Waals surface area contributed by atoms with Gasteiger partial charge >= 0.3 is 17.9 Å². The van der Waals surface area contributed by atoms with Crippen LogP contribution in [-0.2, 0) is 28.6 Å². The van der Waals surface area contributed by atoms with Crippen molar-refractivity contribution in [2.75, 3.05) is 13.2 Å². The summed E-state index contributed by atoms with van der Waals surface area (Å²) in [5.74, 6) is -0.904. The van der Waals surface area contributed by atoms with Crippen molar-refractivity contribution in [3.63, 3.8) is 0 Å². The number of unbranched alkanes of at least 4 members (excludes halogenated alkanes) is 28. The zero-order valence-electron chi connectivity index (χ0n) is 44.2. The van der Waals surface area contributed by atoms with E-state index < -0.39 is 6.10 Å². The van der Waals surface area contributed by atoms with E-state index in [4.69, 9.17) is 14.2 Å². The number of hydrogen-bond acceptors (Lipinski definition) is 6. The molecule has 6 heteroatoms. The lowest BCUT2D eigenvalue weighted by atomic mass is 10.1. The summed E-state index contributed by atoms with van der Waals surface area (Å²) in [4.78, 5) is 38.1. The molecule has 0 aromatic rings. The molecule has 1 atom stereocenters. The number of hydrogen-bond donors (Lipinski definition) is 0. The monoisotopic (exact) mass is 935 g/mol. The molecule has 1 unspecified atom stereocenters. The van der Waals surface area contributed by atoms with E-state index in [1.54, 1.807) is 0 Å². The molecule has 0 aliphatic rings. The highest BCUT2D eigenvalue weighted by Crippen LogP contribution is 2.15. The van der Waals surface area contributed by atoms with Crippen LogP contribution < -0.4 is 0 Å². The summed E-state index contributed by atoms with van der Waals surface area (Å²) < 4.78 is 16.8. The van der Waals surface area contributed by atoms with Crippen LogP contribution in [0.25, 0.3) is 0 Å². The third kappa shape index (κ3) is 53.7. The molecule has 0 amide bonds. The lowest BCUT2D eigenvalue weighted by Gasteiger charge is -2.18. The Morgan fingerprint density at radius 3 is 0.985 bits per heavy atom. The highest BCUT2D eigenvalue weighted by Gasteiger charge is 2.19. The highest BCUT2D eigenvalue weighted by molar-refractivity contribution is 5.71. The average molecular weight is 936 g/mol. The number of rotatable bonds is 51. The van der Waals surface area contributed by atoms with E-state index in [2.05, 4.69) is 93.7 Å².